The van der Waals surface area contributed by atoms with Crippen molar-refractivity contribution in [2.75, 3.05) is 19.6 Å². The molecule has 0 heterocycles. The van der Waals surface area contributed by atoms with Crippen LogP contribution in [0.25, 0.3) is 0 Å². The number of rotatable bonds is 8. The molecule has 0 saturated heterocycles. The molecule has 82 valence electrons. The van der Waals surface area contributed by atoms with E-state index in [0.29, 0.717) is 25.9 Å². The van der Waals surface area contributed by atoms with E-state index in [2.05, 4.69) is 10.6 Å². The van der Waals surface area contributed by atoms with Gasteiger partial charge in [-0.05, 0) is 6.42 Å². The highest BCUT2D eigenvalue weighted by atomic mass is 16.1. The van der Waals surface area contributed by atoms with Crippen LogP contribution in [0.3, 0.4) is 0 Å². The number of hydrogen-bond acceptors (Lipinski definition) is 3. The number of carbonyl (C=O) groups is 2. The van der Waals surface area contributed by atoms with Gasteiger partial charge in [0, 0.05) is 32.5 Å². The molecule has 0 aromatic rings. The van der Waals surface area contributed by atoms with Crippen LogP contribution >= 0.6 is 0 Å². The maximum atomic E-state index is 11.1. The summed E-state index contributed by atoms with van der Waals surface area (Å²) in [5.41, 5.74) is 4.94. The first kappa shape index (κ1) is 12.9. The van der Waals surface area contributed by atoms with E-state index < -0.39 is 0 Å². The Hall–Kier alpha value is -1.10. The predicted molar refractivity (Wildman–Crippen MR) is 54.6 cm³/mol. The van der Waals surface area contributed by atoms with Crippen LogP contribution < -0.4 is 16.4 Å². The lowest BCUT2D eigenvalue weighted by Gasteiger charge is -2.04. The standard InChI is InChI=1S/C9H19N3O2/c1-2-5-12-9(14)4-7-11-6-3-8(10)13/h11H,2-7H2,1H3,(H2,10,13)(H,12,14). The molecule has 0 rings (SSSR count). The topological polar surface area (TPSA) is 84.2 Å². The van der Waals surface area contributed by atoms with Crippen LogP contribution in [-0.2, 0) is 9.59 Å². The molecular formula is C9H19N3O2. The first-order valence-electron chi connectivity index (χ1n) is 4.92. The third kappa shape index (κ3) is 8.99. The molecule has 4 N–H and O–H groups in total. The van der Waals surface area contributed by atoms with Crippen LogP contribution in [-0.4, -0.2) is 31.4 Å². The van der Waals surface area contributed by atoms with Crippen molar-refractivity contribution in [1.82, 2.24) is 10.6 Å². The first-order valence-corrected chi connectivity index (χ1v) is 4.92. The van der Waals surface area contributed by atoms with Crippen LogP contribution in [0, 0.1) is 0 Å². The fraction of sp³-hybridized carbons (Fsp3) is 0.778. The molecule has 0 atom stereocenters. The van der Waals surface area contributed by atoms with Crippen molar-refractivity contribution in [2.45, 2.75) is 26.2 Å². The highest BCUT2D eigenvalue weighted by molar-refractivity contribution is 5.76. The third-order valence-electron chi connectivity index (χ3n) is 1.65. The van der Waals surface area contributed by atoms with E-state index in [4.69, 9.17) is 5.73 Å². The van der Waals surface area contributed by atoms with Crippen molar-refractivity contribution in [3.05, 3.63) is 0 Å². The van der Waals surface area contributed by atoms with E-state index in [0.717, 1.165) is 13.0 Å². The summed E-state index contributed by atoms with van der Waals surface area (Å²) >= 11 is 0. The van der Waals surface area contributed by atoms with Crippen molar-refractivity contribution in [3.8, 4) is 0 Å². The quantitative estimate of drug-likeness (QED) is 0.457. The smallest absolute Gasteiger partial charge is 0.221 e. The van der Waals surface area contributed by atoms with Crippen LogP contribution in [0.4, 0.5) is 0 Å². The average molecular weight is 201 g/mol. The normalized spacial score (nSPS) is 9.79. The Bertz CT molecular complexity index is 183. The Kier molecular flexibility index (Phi) is 7.83. The van der Waals surface area contributed by atoms with Gasteiger partial charge in [0.1, 0.15) is 0 Å². The molecule has 0 fully saturated rings. The summed E-state index contributed by atoms with van der Waals surface area (Å²) in [5.74, 6) is -0.286. The van der Waals surface area contributed by atoms with Crippen molar-refractivity contribution < 1.29 is 9.59 Å². The number of nitrogens with one attached hydrogen (secondary N) is 2. The van der Waals surface area contributed by atoms with E-state index in [1.54, 1.807) is 0 Å². The van der Waals surface area contributed by atoms with Gasteiger partial charge in [0.05, 0.1) is 0 Å². The summed E-state index contributed by atoms with van der Waals surface area (Å²) in [6.07, 6.45) is 1.70. The van der Waals surface area contributed by atoms with Gasteiger partial charge >= 0.3 is 0 Å². The molecule has 14 heavy (non-hydrogen) atoms. The summed E-state index contributed by atoms with van der Waals surface area (Å²) in [4.78, 5) is 21.4. The maximum Gasteiger partial charge on any atom is 0.221 e. The monoisotopic (exact) mass is 201 g/mol. The molecule has 0 aliphatic carbocycles. The Labute approximate surface area is 84.4 Å². The molecular weight excluding hydrogens is 182 g/mol. The average Bonchev–Trinajstić information content (AvgIpc) is 2.13. The van der Waals surface area contributed by atoms with Gasteiger partial charge in [-0.1, -0.05) is 6.92 Å². The van der Waals surface area contributed by atoms with Crippen LogP contribution in [0.2, 0.25) is 0 Å². The second kappa shape index (κ2) is 8.50. The Morgan fingerprint density at radius 1 is 1.14 bits per heavy atom. The molecule has 2 amide bonds. The van der Waals surface area contributed by atoms with E-state index in [1.807, 2.05) is 6.92 Å². The Morgan fingerprint density at radius 2 is 1.79 bits per heavy atom. The Balaban J connectivity index is 3.19. The molecule has 0 aromatic heterocycles. The van der Waals surface area contributed by atoms with Crippen LogP contribution in [0.1, 0.15) is 26.2 Å². The number of primary amides is 1. The molecule has 0 unspecified atom stereocenters. The summed E-state index contributed by atoms with van der Waals surface area (Å²) in [7, 11) is 0. The van der Waals surface area contributed by atoms with Gasteiger partial charge in [0.25, 0.3) is 0 Å². The van der Waals surface area contributed by atoms with E-state index in [1.165, 1.54) is 0 Å². The summed E-state index contributed by atoms with van der Waals surface area (Å²) in [6.45, 7) is 3.85. The highest BCUT2D eigenvalue weighted by Gasteiger charge is 1.99. The second-order valence-corrected chi connectivity index (χ2v) is 3.07. The minimum Gasteiger partial charge on any atom is -0.370 e. The first-order chi connectivity index (χ1) is 6.66. The van der Waals surface area contributed by atoms with Crippen LogP contribution in [0.15, 0.2) is 0 Å². The number of carbonyl (C=O) groups excluding carboxylic acids is 2. The molecule has 0 aromatic carbocycles. The molecule has 5 heteroatoms. The predicted octanol–water partition coefficient (Wildman–Crippen LogP) is -0.632. The summed E-state index contributed by atoms with van der Waals surface area (Å²) < 4.78 is 0. The molecule has 0 bridgehead atoms. The minimum atomic E-state index is -0.326. The summed E-state index contributed by atoms with van der Waals surface area (Å²) in [6, 6.07) is 0. The second-order valence-electron chi connectivity index (χ2n) is 3.07. The Morgan fingerprint density at radius 3 is 2.36 bits per heavy atom. The van der Waals surface area contributed by atoms with Crippen molar-refractivity contribution >= 4 is 11.8 Å². The van der Waals surface area contributed by atoms with Crippen molar-refractivity contribution in [3.63, 3.8) is 0 Å². The number of hydrogen-bond donors (Lipinski definition) is 3. The zero-order valence-electron chi connectivity index (χ0n) is 8.64. The molecule has 0 aliphatic heterocycles. The zero-order valence-corrected chi connectivity index (χ0v) is 8.64. The molecule has 5 nitrogen and oxygen atoms in total. The van der Waals surface area contributed by atoms with E-state index >= 15 is 0 Å². The molecule has 0 radical (unpaired) electrons. The van der Waals surface area contributed by atoms with Crippen molar-refractivity contribution in [1.29, 1.82) is 0 Å². The van der Waals surface area contributed by atoms with Gasteiger partial charge in [-0.15, -0.1) is 0 Å². The fourth-order valence-corrected chi connectivity index (χ4v) is 0.891. The lowest BCUT2D eigenvalue weighted by molar-refractivity contribution is -0.121. The molecule has 0 aliphatic rings. The third-order valence-corrected chi connectivity index (χ3v) is 1.65. The molecule has 0 spiro atoms. The van der Waals surface area contributed by atoms with Gasteiger partial charge in [-0.25, -0.2) is 0 Å². The maximum absolute atomic E-state index is 11.1. The number of amides is 2. The fourth-order valence-electron chi connectivity index (χ4n) is 0.891. The van der Waals surface area contributed by atoms with E-state index in [9.17, 15) is 9.59 Å². The number of nitrogens with two attached hydrogens (primary N) is 1. The zero-order chi connectivity index (χ0) is 10.8. The highest BCUT2D eigenvalue weighted by Crippen LogP contribution is 1.80. The SMILES string of the molecule is CCCNC(=O)CCNCCC(N)=O. The van der Waals surface area contributed by atoms with E-state index in [-0.39, 0.29) is 11.8 Å². The van der Waals surface area contributed by atoms with Gasteiger partial charge in [0.15, 0.2) is 0 Å². The van der Waals surface area contributed by atoms with Crippen molar-refractivity contribution in [2.24, 2.45) is 5.73 Å². The summed E-state index contributed by atoms with van der Waals surface area (Å²) in [5, 5.41) is 5.72. The van der Waals surface area contributed by atoms with Gasteiger partial charge < -0.3 is 16.4 Å². The molecule has 0 saturated carbocycles. The minimum absolute atomic E-state index is 0.0402. The van der Waals surface area contributed by atoms with Gasteiger partial charge in [-0.2, -0.15) is 0 Å². The van der Waals surface area contributed by atoms with Gasteiger partial charge in [-0.3, -0.25) is 9.59 Å². The lowest BCUT2D eigenvalue weighted by Crippen LogP contribution is -2.29. The lowest BCUT2D eigenvalue weighted by atomic mass is 10.3. The van der Waals surface area contributed by atoms with Crippen LogP contribution in [0.5, 0.6) is 0 Å². The van der Waals surface area contributed by atoms with Gasteiger partial charge in [0.2, 0.25) is 11.8 Å². The largest absolute Gasteiger partial charge is 0.370 e.